The van der Waals surface area contributed by atoms with E-state index in [1.165, 1.54) is 9.80 Å². The second kappa shape index (κ2) is 13.6. The third-order valence-electron chi connectivity index (χ3n) is 9.48. The first-order valence-electron chi connectivity index (χ1n) is 16.5. The van der Waals surface area contributed by atoms with Crippen molar-refractivity contribution in [2.75, 3.05) is 26.2 Å². The van der Waals surface area contributed by atoms with Crippen molar-refractivity contribution in [3.8, 4) is 33.6 Å². The zero-order valence-electron chi connectivity index (χ0n) is 27.1. The third kappa shape index (κ3) is 7.79. The van der Waals surface area contributed by atoms with Gasteiger partial charge in [-0.15, -0.1) is 0 Å². The van der Waals surface area contributed by atoms with E-state index < -0.39 is 11.8 Å². The Morgan fingerprint density at radius 3 is 1.27 bits per heavy atom. The predicted molar refractivity (Wildman–Crippen MR) is 175 cm³/mol. The topological polar surface area (TPSA) is 98.0 Å². The summed E-state index contributed by atoms with van der Waals surface area (Å²) >= 11 is 0. The van der Waals surface area contributed by atoms with Crippen molar-refractivity contribution in [1.82, 2.24) is 29.7 Å². The molecule has 6 rings (SSSR count). The highest BCUT2D eigenvalue weighted by atomic mass is 19.3. The van der Waals surface area contributed by atoms with Gasteiger partial charge in [0.1, 0.15) is 11.6 Å². The summed E-state index contributed by atoms with van der Waals surface area (Å²) in [5.41, 5.74) is 5.40. The van der Waals surface area contributed by atoms with Crippen LogP contribution >= 0.6 is 0 Å². The van der Waals surface area contributed by atoms with Crippen molar-refractivity contribution in [1.29, 1.82) is 0 Å². The maximum absolute atomic E-state index is 13.5. The summed E-state index contributed by atoms with van der Waals surface area (Å²) in [6, 6.07) is 16.0. The molecule has 2 aliphatic heterocycles. The monoisotopic (exact) mass is 664 g/mol. The van der Waals surface area contributed by atoms with E-state index in [0.29, 0.717) is 11.6 Å². The molecule has 4 aromatic rings. The lowest BCUT2D eigenvalue weighted by atomic mass is 10.0. The zero-order chi connectivity index (χ0) is 34.1. The van der Waals surface area contributed by atoms with Gasteiger partial charge in [0.2, 0.25) is 11.8 Å². The van der Waals surface area contributed by atoms with E-state index in [1.54, 1.807) is 0 Å². The Bertz CT molecular complexity index is 1590. The van der Waals surface area contributed by atoms with Crippen molar-refractivity contribution in [3.63, 3.8) is 0 Å². The number of hydrogen-bond acceptors (Lipinski definition) is 4. The molecule has 12 heteroatoms. The Balaban J connectivity index is 1.03. The Hall–Kier alpha value is -4.48. The Kier molecular flexibility index (Phi) is 9.44. The van der Waals surface area contributed by atoms with E-state index in [9.17, 15) is 27.2 Å². The van der Waals surface area contributed by atoms with Crippen molar-refractivity contribution in [3.05, 3.63) is 72.6 Å². The molecule has 4 heterocycles. The fourth-order valence-electron chi connectivity index (χ4n) is 6.28. The number of imidazole rings is 2. The summed E-state index contributed by atoms with van der Waals surface area (Å²) < 4.78 is 53.9. The number of aromatic amines is 2. The number of nitrogens with zero attached hydrogens (tertiary/aromatic N) is 4. The molecule has 2 N–H and O–H groups in total. The summed E-state index contributed by atoms with van der Waals surface area (Å²) in [5.74, 6) is -4.64. The molecule has 0 spiro atoms. The summed E-state index contributed by atoms with van der Waals surface area (Å²) in [7, 11) is 0. The first-order chi connectivity index (χ1) is 22.9. The van der Waals surface area contributed by atoms with Gasteiger partial charge < -0.3 is 19.8 Å². The molecule has 254 valence electrons. The molecule has 0 aliphatic carbocycles. The highest BCUT2D eigenvalue weighted by Crippen LogP contribution is 2.32. The number of rotatable bonds is 9. The smallest absolute Gasteiger partial charge is 0.251 e. The number of benzene rings is 2. The van der Waals surface area contributed by atoms with Crippen LogP contribution < -0.4 is 0 Å². The van der Waals surface area contributed by atoms with Crippen LogP contribution in [0.1, 0.15) is 75.9 Å². The molecular weight excluding hydrogens is 624 g/mol. The summed E-state index contributed by atoms with van der Waals surface area (Å²) in [6.45, 7) is 4.14. The minimum atomic E-state index is -2.69. The van der Waals surface area contributed by atoms with Crippen LogP contribution in [0.4, 0.5) is 17.6 Å². The molecule has 0 unspecified atom stereocenters. The van der Waals surface area contributed by atoms with Crippen LogP contribution in [0.25, 0.3) is 33.6 Å². The molecule has 2 aromatic carbocycles. The minimum absolute atomic E-state index is 0.0822. The van der Waals surface area contributed by atoms with Gasteiger partial charge in [-0.2, -0.15) is 0 Å². The number of H-pyrrole nitrogens is 2. The summed E-state index contributed by atoms with van der Waals surface area (Å²) in [4.78, 5) is 44.2. The molecule has 2 aliphatic rings. The van der Waals surface area contributed by atoms with Gasteiger partial charge in [-0.3, -0.25) is 9.59 Å². The molecule has 8 nitrogen and oxygen atoms in total. The fraction of sp³-hybridized carbons (Fsp3) is 0.444. The first-order valence-corrected chi connectivity index (χ1v) is 16.5. The second-order valence-corrected chi connectivity index (χ2v) is 13.2. The van der Waals surface area contributed by atoms with E-state index in [4.69, 9.17) is 9.97 Å². The van der Waals surface area contributed by atoms with Crippen molar-refractivity contribution in [2.45, 2.75) is 76.1 Å². The lowest BCUT2D eigenvalue weighted by molar-refractivity contribution is -0.138. The Labute approximate surface area is 277 Å². The summed E-state index contributed by atoms with van der Waals surface area (Å²) in [5, 5.41) is 0. The third-order valence-corrected chi connectivity index (χ3v) is 9.48. The zero-order valence-corrected chi connectivity index (χ0v) is 27.1. The minimum Gasteiger partial charge on any atom is -0.348 e. The van der Waals surface area contributed by atoms with Gasteiger partial charge >= 0.3 is 0 Å². The molecule has 0 bridgehead atoms. The quantitative estimate of drug-likeness (QED) is 0.180. The molecule has 2 amide bonds. The van der Waals surface area contributed by atoms with E-state index in [-0.39, 0.29) is 88.4 Å². The molecule has 2 aromatic heterocycles. The molecular formula is C36H40F4N6O2. The lowest BCUT2D eigenvalue weighted by Gasteiger charge is -2.32. The molecule has 2 saturated heterocycles. The van der Waals surface area contributed by atoms with Crippen LogP contribution in [0.2, 0.25) is 0 Å². The van der Waals surface area contributed by atoms with Crippen LogP contribution in [0, 0.1) is 0 Å². The van der Waals surface area contributed by atoms with Gasteiger partial charge in [0, 0.05) is 100 Å². The number of likely N-dealkylation sites (tertiary alicyclic amines) is 2. The molecule has 48 heavy (non-hydrogen) atoms. The van der Waals surface area contributed by atoms with Crippen molar-refractivity contribution in [2.24, 2.45) is 0 Å². The molecule has 0 saturated carbocycles. The van der Waals surface area contributed by atoms with Gasteiger partial charge in [-0.25, -0.2) is 27.5 Å². The average Bonchev–Trinajstić information content (AvgIpc) is 3.76. The number of carbonyl (C=O) groups is 2. The van der Waals surface area contributed by atoms with E-state index >= 15 is 0 Å². The number of aromatic nitrogens is 4. The maximum Gasteiger partial charge on any atom is 0.251 e. The number of halogens is 4. The average molecular weight is 665 g/mol. The molecule has 2 fully saturated rings. The van der Waals surface area contributed by atoms with Crippen LogP contribution in [-0.2, 0) is 9.59 Å². The van der Waals surface area contributed by atoms with E-state index in [0.717, 1.165) is 33.6 Å². The number of piperidine rings is 2. The maximum atomic E-state index is 13.5. The van der Waals surface area contributed by atoms with E-state index in [1.807, 2.05) is 74.8 Å². The van der Waals surface area contributed by atoms with Gasteiger partial charge in [0.15, 0.2) is 0 Å². The molecule has 2 atom stereocenters. The predicted octanol–water partition coefficient (Wildman–Crippen LogP) is 7.64. The number of nitrogens with one attached hydrogen (secondary N) is 2. The van der Waals surface area contributed by atoms with Gasteiger partial charge in [-0.1, -0.05) is 62.4 Å². The van der Waals surface area contributed by atoms with Crippen LogP contribution in [0.5, 0.6) is 0 Å². The highest BCUT2D eigenvalue weighted by molar-refractivity contribution is 5.78. The normalized spacial score (nSPS) is 18.8. The van der Waals surface area contributed by atoms with Crippen molar-refractivity contribution >= 4 is 11.8 Å². The van der Waals surface area contributed by atoms with Crippen molar-refractivity contribution < 1.29 is 27.2 Å². The number of amides is 2. The number of carbonyl (C=O) groups excluding carboxylic acids is 2. The fourth-order valence-corrected chi connectivity index (χ4v) is 6.28. The van der Waals surface area contributed by atoms with Crippen LogP contribution in [0.15, 0.2) is 60.9 Å². The lowest BCUT2D eigenvalue weighted by Crippen LogP contribution is -2.43. The largest absolute Gasteiger partial charge is 0.348 e. The van der Waals surface area contributed by atoms with Crippen LogP contribution in [-0.4, -0.2) is 79.6 Å². The molecule has 0 radical (unpaired) electrons. The van der Waals surface area contributed by atoms with Gasteiger partial charge in [-0.05, 0) is 11.1 Å². The first kappa shape index (κ1) is 33.4. The standard InChI is InChI=1S/C36H40F4N6O2/c1-23(19-31(47)45-15-11-35(37,38)12-16-45)33-41-21-29(43-33)27-7-3-25(4-8-27)26-5-9-28(10-6-26)30-22-42-34(44-30)24(2)20-32(48)46-17-13-36(39,40)14-18-46/h3-10,21-24H,11-20H2,1-2H3,(H,41,43)(H,42,44)/t23-,24-/m1/s1. The SMILES string of the molecule is C[C@H](CC(=O)N1CCC(F)(F)CC1)c1nc(-c2ccc(-c3ccc(-c4c[nH]c([C@H](C)CC(=O)N5CCC(F)(F)CC5)n4)cc3)cc2)c[nH]1. The number of alkyl halides is 4. The van der Waals surface area contributed by atoms with Gasteiger partial charge in [0.25, 0.3) is 11.8 Å². The Morgan fingerprint density at radius 2 is 0.938 bits per heavy atom. The van der Waals surface area contributed by atoms with Crippen LogP contribution in [0.3, 0.4) is 0 Å². The van der Waals surface area contributed by atoms with Gasteiger partial charge in [0.05, 0.1) is 11.4 Å². The Morgan fingerprint density at radius 1 is 0.625 bits per heavy atom. The number of hydrogen-bond donors (Lipinski definition) is 2. The highest BCUT2D eigenvalue weighted by Gasteiger charge is 2.37. The van der Waals surface area contributed by atoms with E-state index in [2.05, 4.69) is 9.97 Å². The summed E-state index contributed by atoms with van der Waals surface area (Å²) in [6.07, 6.45) is 2.88. The second-order valence-electron chi connectivity index (χ2n) is 13.2.